The molecule has 2 saturated heterocycles. The van der Waals surface area contributed by atoms with Crippen LogP contribution in [0.25, 0.3) is 0 Å². The summed E-state index contributed by atoms with van der Waals surface area (Å²) in [7, 11) is -3.08. The monoisotopic (exact) mass is 333 g/mol. The number of hydrogen-bond donors (Lipinski definition) is 1. The van der Waals surface area contributed by atoms with Gasteiger partial charge in [0.25, 0.3) is 0 Å². The molecular weight excluding hydrogens is 302 g/mol. The molecule has 22 heavy (non-hydrogen) atoms. The summed E-state index contributed by atoms with van der Waals surface area (Å²) >= 11 is 0. The molecular formula is C15H31N3O3S. The van der Waals surface area contributed by atoms with E-state index in [1.54, 1.807) is 0 Å². The van der Waals surface area contributed by atoms with E-state index in [2.05, 4.69) is 28.4 Å². The van der Waals surface area contributed by atoms with Crippen LogP contribution in [0.4, 0.5) is 0 Å². The molecule has 7 heteroatoms. The van der Waals surface area contributed by atoms with Crippen molar-refractivity contribution < 1.29 is 13.2 Å². The number of nitrogens with zero attached hydrogens (tertiary/aromatic N) is 2. The maximum atomic E-state index is 11.2. The molecule has 0 amide bonds. The van der Waals surface area contributed by atoms with E-state index >= 15 is 0 Å². The number of nitrogens with one attached hydrogen (secondary N) is 1. The van der Waals surface area contributed by atoms with Gasteiger partial charge in [-0.05, 0) is 39.2 Å². The van der Waals surface area contributed by atoms with Crippen molar-refractivity contribution in [3.05, 3.63) is 0 Å². The molecule has 2 heterocycles. The van der Waals surface area contributed by atoms with Crippen molar-refractivity contribution in [2.75, 3.05) is 58.7 Å². The smallest absolute Gasteiger partial charge is 0.208 e. The van der Waals surface area contributed by atoms with Gasteiger partial charge in [0.15, 0.2) is 0 Å². The second kappa shape index (κ2) is 7.57. The Morgan fingerprint density at radius 3 is 2.55 bits per heavy atom. The van der Waals surface area contributed by atoms with Gasteiger partial charge in [-0.25, -0.2) is 13.1 Å². The first-order chi connectivity index (χ1) is 10.3. The molecule has 2 aliphatic heterocycles. The summed E-state index contributed by atoms with van der Waals surface area (Å²) in [4.78, 5) is 5.00. The second-order valence-electron chi connectivity index (χ2n) is 7.28. The molecule has 0 radical (unpaired) electrons. The highest BCUT2D eigenvalue weighted by Gasteiger charge is 2.32. The zero-order valence-electron chi connectivity index (χ0n) is 14.2. The summed E-state index contributed by atoms with van der Waals surface area (Å²) < 4.78 is 30.6. The third kappa shape index (κ3) is 5.77. The van der Waals surface area contributed by atoms with Gasteiger partial charge in [-0.3, -0.25) is 4.90 Å². The largest absolute Gasteiger partial charge is 0.379 e. The maximum absolute atomic E-state index is 11.2. The molecule has 0 saturated carbocycles. The number of piperidine rings is 1. The van der Waals surface area contributed by atoms with Crippen LogP contribution >= 0.6 is 0 Å². The first-order valence-corrected chi connectivity index (χ1v) is 10.2. The highest BCUT2D eigenvalue weighted by molar-refractivity contribution is 7.88. The van der Waals surface area contributed by atoms with Gasteiger partial charge in [0.05, 0.1) is 19.5 Å². The van der Waals surface area contributed by atoms with Crippen molar-refractivity contribution in [3.63, 3.8) is 0 Å². The highest BCUT2D eigenvalue weighted by Crippen LogP contribution is 2.22. The topological polar surface area (TPSA) is 61.9 Å². The van der Waals surface area contributed by atoms with Crippen molar-refractivity contribution >= 4 is 10.0 Å². The van der Waals surface area contributed by atoms with Gasteiger partial charge in [-0.1, -0.05) is 0 Å². The molecule has 130 valence electrons. The fourth-order valence-electron chi connectivity index (χ4n) is 3.55. The van der Waals surface area contributed by atoms with Crippen LogP contribution in [0.15, 0.2) is 0 Å². The molecule has 0 bridgehead atoms. The van der Waals surface area contributed by atoms with Gasteiger partial charge in [0, 0.05) is 38.3 Å². The average molecular weight is 333 g/mol. The van der Waals surface area contributed by atoms with Crippen LogP contribution in [-0.2, 0) is 14.8 Å². The molecule has 0 aliphatic carbocycles. The summed E-state index contributed by atoms with van der Waals surface area (Å²) in [5.41, 5.74) is 0.135. The molecule has 6 nitrogen and oxygen atoms in total. The average Bonchev–Trinajstić information content (AvgIpc) is 2.45. The minimum absolute atomic E-state index is 0.135. The van der Waals surface area contributed by atoms with Gasteiger partial charge in [-0.2, -0.15) is 0 Å². The molecule has 2 aliphatic rings. The standard InChI is InChI=1S/C15H31N3O3S/c1-15(2,18-7-9-21-10-8-18)13-17-6-4-5-14(12-17)11-16-22(3,19)20/h14,16H,4-13H2,1-3H3. The van der Waals surface area contributed by atoms with Crippen LogP contribution in [0.2, 0.25) is 0 Å². The number of morpholine rings is 1. The fourth-order valence-corrected chi connectivity index (χ4v) is 4.09. The lowest BCUT2D eigenvalue weighted by atomic mass is 9.95. The molecule has 0 aromatic rings. The summed E-state index contributed by atoms with van der Waals surface area (Å²) in [6.07, 6.45) is 3.49. The number of sulfonamides is 1. The van der Waals surface area contributed by atoms with Gasteiger partial charge in [-0.15, -0.1) is 0 Å². The lowest BCUT2D eigenvalue weighted by molar-refractivity contribution is -0.0255. The Bertz CT molecular complexity index is 447. The minimum atomic E-state index is -3.08. The van der Waals surface area contributed by atoms with Crippen LogP contribution in [0.1, 0.15) is 26.7 Å². The zero-order chi connectivity index (χ0) is 16.2. The van der Waals surface area contributed by atoms with Crippen molar-refractivity contribution in [3.8, 4) is 0 Å². The summed E-state index contributed by atoms with van der Waals surface area (Å²) in [5, 5.41) is 0. The molecule has 0 spiro atoms. The molecule has 1 atom stereocenters. The van der Waals surface area contributed by atoms with E-state index in [1.165, 1.54) is 6.26 Å². The predicted molar refractivity (Wildman–Crippen MR) is 88.5 cm³/mol. The predicted octanol–water partition coefficient (Wildman–Crippen LogP) is 0.358. The Morgan fingerprint density at radius 1 is 1.23 bits per heavy atom. The lowest BCUT2D eigenvalue weighted by Gasteiger charge is -2.45. The van der Waals surface area contributed by atoms with Crippen LogP contribution in [0.5, 0.6) is 0 Å². The Morgan fingerprint density at radius 2 is 1.91 bits per heavy atom. The first-order valence-electron chi connectivity index (χ1n) is 8.26. The molecule has 0 aromatic heterocycles. The van der Waals surface area contributed by atoms with Crippen LogP contribution in [0, 0.1) is 5.92 Å². The highest BCUT2D eigenvalue weighted by atomic mass is 32.2. The van der Waals surface area contributed by atoms with Crippen LogP contribution in [-0.4, -0.2) is 82.5 Å². The molecule has 0 aromatic carbocycles. The van der Waals surface area contributed by atoms with Gasteiger partial charge >= 0.3 is 0 Å². The van der Waals surface area contributed by atoms with E-state index in [9.17, 15) is 8.42 Å². The van der Waals surface area contributed by atoms with E-state index in [-0.39, 0.29) is 5.54 Å². The van der Waals surface area contributed by atoms with Crippen molar-refractivity contribution in [1.29, 1.82) is 0 Å². The van der Waals surface area contributed by atoms with Gasteiger partial charge < -0.3 is 9.64 Å². The van der Waals surface area contributed by atoms with Crippen molar-refractivity contribution in [2.24, 2.45) is 5.92 Å². The maximum Gasteiger partial charge on any atom is 0.208 e. The third-order valence-electron chi connectivity index (χ3n) is 4.72. The number of rotatable bonds is 6. The minimum Gasteiger partial charge on any atom is -0.379 e. The van der Waals surface area contributed by atoms with Crippen molar-refractivity contribution in [2.45, 2.75) is 32.2 Å². The van der Waals surface area contributed by atoms with E-state index in [0.717, 1.165) is 58.8 Å². The van der Waals surface area contributed by atoms with E-state index in [0.29, 0.717) is 12.5 Å². The van der Waals surface area contributed by atoms with E-state index in [4.69, 9.17) is 4.74 Å². The van der Waals surface area contributed by atoms with E-state index in [1.807, 2.05) is 0 Å². The normalized spacial score (nSPS) is 26.2. The molecule has 2 fully saturated rings. The number of ether oxygens (including phenoxy) is 1. The van der Waals surface area contributed by atoms with Gasteiger partial charge in [0.1, 0.15) is 0 Å². The Labute approximate surface area is 135 Å². The summed E-state index contributed by atoms with van der Waals surface area (Å²) in [6.45, 7) is 11.9. The Balaban J connectivity index is 1.83. The summed E-state index contributed by atoms with van der Waals surface area (Å²) in [5.74, 6) is 0.420. The van der Waals surface area contributed by atoms with Crippen LogP contribution < -0.4 is 4.72 Å². The molecule has 2 rings (SSSR count). The lowest BCUT2D eigenvalue weighted by Crippen LogP contribution is -2.56. The quantitative estimate of drug-likeness (QED) is 0.760. The first kappa shape index (κ1) is 18.1. The van der Waals surface area contributed by atoms with Gasteiger partial charge in [0.2, 0.25) is 10.0 Å². The molecule has 1 unspecified atom stereocenters. The summed E-state index contributed by atoms with van der Waals surface area (Å²) in [6, 6.07) is 0. The zero-order valence-corrected chi connectivity index (χ0v) is 15.0. The Kier molecular flexibility index (Phi) is 6.24. The van der Waals surface area contributed by atoms with Crippen molar-refractivity contribution in [1.82, 2.24) is 14.5 Å². The Hall–Kier alpha value is -0.210. The SMILES string of the molecule is CC(C)(CN1CCCC(CNS(C)(=O)=O)C1)N1CCOCC1. The van der Waals surface area contributed by atoms with E-state index < -0.39 is 10.0 Å². The second-order valence-corrected chi connectivity index (χ2v) is 9.11. The number of hydrogen-bond acceptors (Lipinski definition) is 5. The third-order valence-corrected chi connectivity index (χ3v) is 5.41. The number of likely N-dealkylation sites (tertiary alicyclic amines) is 1. The fraction of sp³-hybridized carbons (Fsp3) is 1.00. The molecule has 1 N–H and O–H groups in total. The van der Waals surface area contributed by atoms with Crippen LogP contribution in [0.3, 0.4) is 0 Å².